The van der Waals surface area contributed by atoms with Crippen LogP contribution in [0.5, 0.6) is 0 Å². The highest BCUT2D eigenvalue weighted by atomic mass is 16.5. The largest absolute Gasteiger partial charge is 0.465 e. The molecule has 0 heterocycles. The van der Waals surface area contributed by atoms with Gasteiger partial charge in [-0.25, -0.2) is 0 Å². The molecule has 3 nitrogen and oxygen atoms in total. The Morgan fingerprint density at radius 2 is 1.72 bits per heavy atom. The minimum absolute atomic E-state index is 0.00438. The maximum atomic E-state index is 12.3. The van der Waals surface area contributed by atoms with Crippen LogP contribution in [0.1, 0.15) is 71.1 Å². The molecule has 0 aromatic carbocycles. The minimum atomic E-state index is -0.365. The van der Waals surface area contributed by atoms with Crippen molar-refractivity contribution >= 4 is 5.97 Å². The summed E-state index contributed by atoms with van der Waals surface area (Å²) >= 11 is 0. The van der Waals surface area contributed by atoms with Gasteiger partial charge >= 0.3 is 5.97 Å². The van der Waals surface area contributed by atoms with E-state index in [1.165, 1.54) is 38.5 Å². The third-order valence-corrected chi connectivity index (χ3v) is 4.46. The van der Waals surface area contributed by atoms with Crippen molar-refractivity contribution in [3.8, 4) is 0 Å². The van der Waals surface area contributed by atoms with Crippen LogP contribution in [0.25, 0.3) is 0 Å². The molecule has 0 atom stereocenters. The molecule has 0 spiro atoms. The highest BCUT2D eigenvalue weighted by molar-refractivity contribution is 5.81. The molecule has 0 radical (unpaired) electrons. The molecule has 2 rings (SSSR count). The van der Waals surface area contributed by atoms with Crippen LogP contribution < -0.4 is 5.32 Å². The zero-order chi connectivity index (χ0) is 12.8. The van der Waals surface area contributed by atoms with Gasteiger partial charge in [-0.15, -0.1) is 0 Å². The van der Waals surface area contributed by atoms with E-state index in [9.17, 15) is 4.79 Å². The molecule has 0 aromatic rings. The lowest BCUT2D eigenvalue weighted by Gasteiger charge is -2.40. The smallest absolute Gasteiger partial charge is 0.326 e. The van der Waals surface area contributed by atoms with Gasteiger partial charge in [-0.2, -0.15) is 0 Å². The first-order chi connectivity index (χ1) is 8.77. The molecule has 104 valence electrons. The Hall–Kier alpha value is -0.570. The van der Waals surface area contributed by atoms with Crippen molar-refractivity contribution in [2.45, 2.75) is 82.7 Å². The maximum absolute atomic E-state index is 12.3. The summed E-state index contributed by atoms with van der Waals surface area (Å²) in [6.07, 6.45) is 11.9. The molecular formula is C15H27NO2. The van der Waals surface area contributed by atoms with Crippen LogP contribution in [0.2, 0.25) is 0 Å². The van der Waals surface area contributed by atoms with Gasteiger partial charge in [0.25, 0.3) is 0 Å². The molecule has 2 aliphatic carbocycles. The Labute approximate surface area is 111 Å². The van der Waals surface area contributed by atoms with Crippen LogP contribution in [0.4, 0.5) is 0 Å². The van der Waals surface area contributed by atoms with E-state index in [1.807, 2.05) is 6.92 Å². The molecule has 1 N–H and O–H groups in total. The normalized spacial score (nSPS) is 24.7. The second kappa shape index (κ2) is 6.55. The maximum Gasteiger partial charge on any atom is 0.326 e. The van der Waals surface area contributed by atoms with E-state index >= 15 is 0 Å². The summed E-state index contributed by atoms with van der Waals surface area (Å²) in [6.45, 7) is 2.39. The van der Waals surface area contributed by atoms with Crippen molar-refractivity contribution in [3.63, 3.8) is 0 Å². The fourth-order valence-corrected chi connectivity index (χ4v) is 3.47. The Balaban J connectivity index is 2.00. The fourth-order valence-electron chi connectivity index (χ4n) is 3.47. The summed E-state index contributed by atoms with van der Waals surface area (Å²) in [6, 6.07) is 0.529. The molecule has 2 fully saturated rings. The van der Waals surface area contributed by atoms with Gasteiger partial charge in [-0.05, 0) is 32.6 Å². The molecule has 2 saturated carbocycles. The van der Waals surface area contributed by atoms with Crippen LogP contribution in [0.15, 0.2) is 0 Å². The number of esters is 1. The summed E-state index contributed by atoms with van der Waals surface area (Å²) in [5.74, 6) is -0.00438. The Bertz CT molecular complexity index is 266. The molecule has 0 aliphatic heterocycles. The van der Waals surface area contributed by atoms with E-state index in [4.69, 9.17) is 4.74 Å². The number of ether oxygens (including phenoxy) is 1. The summed E-state index contributed by atoms with van der Waals surface area (Å²) in [5, 5.41) is 3.68. The third kappa shape index (κ3) is 3.25. The quantitative estimate of drug-likeness (QED) is 0.782. The Morgan fingerprint density at radius 1 is 1.11 bits per heavy atom. The molecular weight excluding hydrogens is 226 g/mol. The van der Waals surface area contributed by atoms with Crippen molar-refractivity contribution in [2.24, 2.45) is 0 Å². The van der Waals surface area contributed by atoms with Crippen LogP contribution in [-0.4, -0.2) is 24.2 Å². The van der Waals surface area contributed by atoms with Crippen LogP contribution in [-0.2, 0) is 9.53 Å². The van der Waals surface area contributed by atoms with Crippen molar-refractivity contribution in [2.75, 3.05) is 6.61 Å². The monoisotopic (exact) mass is 253 g/mol. The topological polar surface area (TPSA) is 38.3 Å². The van der Waals surface area contributed by atoms with E-state index in [0.717, 1.165) is 25.7 Å². The highest BCUT2D eigenvalue weighted by Gasteiger charge is 2.42. The van der Waals surface area contributed by atoms with E-state index < -0.39 is 0 Å². The lowest BCUT2D eigenvalue weighted by molar-refractivity contribution is -0.153. The molecule has 18 heavy (non-hydrogen) atoms. The number of carbonyl (C=O) groups is 1. The number of nitrogens with one attached hydrogen (secondary N) is 1. The van der Waals surface area contributed by atoms with Gasteiger partial charge in [-0.3, -0.25) is 10.1 Å². The van der Waals surface area contributed by atoms with Crippen molar-refractivity contribution < 1.29 is 9.53 Å². The molecule has 3 heteroatoms. The standard InChI is InChI=1S/C15H27NO2/c1-2-18-14(17)15(11-7-4-8-12-15)16-13-9-5-3-6-10-13/h13,16H,2-12H2,1H3. The average molecular weight is 253 g/mol. The summed E-state index contributed by atoms with van der Waals surface area (Å²) < 4.78 is 5.32. The second-order valence-electron chi connectivity index (χ2n) is 5.84. The number of hydrogen-bond donors (Lipinski definition) is 1. The summed E-state index contributed by atoms with van der Waals surface area (Å²) in [4.78, 5) is 12.3. The first-order valence-corrected chi connectivity index (χ1v) is 7.72. The van der Waals surface area contributed by atoms with Gasteiger partial charge in [0.05, 0.1) is 6.61 Å². The van der Waals surface area contributed by atoms with Gasteiger partial charge in [-0.1, -0.05) is 38.5 Å². The highest BCUT2D eigenvalue weighted by Crippen LogP contribution is 2.32. The lowest BCUT2D eigenvalue weighted by atomic mass is 9.80. The molecule has 0 aromatic heterocycles. The molecule has 0 unspecified atom stereocenters. The van der Waals surface area contributed by atoms with Gasteiger partial charge in [0.2, 0.25) is 0 Å². The van der Waals surface area contributed by atoms with E-state index in [1.54, 1.807) is 0 Å². The second-order valence-corrected chi connectivity index (χ2v) is 5.84. The van der Waals surface area contributed by atoms with Crippen LogP contribution in [0, 0.1) is 0 Å². The first-order valence-electron chi connectivity index (χ1n) is 7.72. The number of carbonyl (C=O) groups excluding carboxylic acids is 1. The minimum Gasteiger partial charge on any atom is -0.465 e. The molecule has 0 bridgehead atoms. The van der Waals surface area contributed by atoms with Gasteiger partial charge in [0.15, 0.2) is 0 Å². The summed E-state index contributed by atoms with van der Waals surface area (Å²) in [5.41, 5.74) is -0.365. The molecule has 0 amide bonds. The number of rotatable bonds is 4. The first kappa shape index (κ1) is 13.9. The number of hydrogen-bond acceptors (Lipinski definition) is 3. The van der Waals surface area contributed by atoms with E-state index in [-0.39, 0.29) is 11.5 Å². The van der Waals surface area contributed by atoms with Crippen molar-refractivity contribution in [1.82, 2.24) is 5.32 Å². The Morgan fingerprint density at radius 3 is 2.33 bits per heavy atom. The Kier molecular flexibility index (Phi) is 5.04. The van der Waals surface area contributed by atoms with E-state index in [2.05, 4.69) is 5.32 Å². The van der Waals surface area contributed by atoms with Gasteiger partial charge in [0.1, 0.15) is 5.54 Å². The zero-order valence-electron chi connectivity index (χ0n) is 11.7. The van der Waals surface area contributed by atoms with Crippen LogP contribution in [0.3, 0.4) is 0 Å². The zero-order valence-corrected chi connectivity index (χ0v) is 11.7. The molecule has 0 saturated heterocycles. The fraction of sp³-hybridized carbons (Fsp3) is 0.933. The molecule has 2 aliphatic rings. The SMILES string of the molecule is CCOC(=O)C1(NC2CCCCC2)CCCCC1. The van der Waals surface area contributed by atoms with Gasteiger partial charge < -0.3 is 4.74 Å². The van der Waals surface area contributed by atoms with E-state index in [0.29, 0.717) is 12.6 Å². The van der Waals surface area contributed by atoms with Gasteiger partial charge in [0, 0.05) is 6.04 Å². The van der Waals surface area contributed by atoms with Crippen LogP contribution >= 0.6 is 0 Å². The van der Waals surface area contributed by atoms with Crippen molar-refractivity contribution in [3.05, 3.63) is 0 Å². The third-order valence-electron chi connectivity index (χ3n) is 4.46. The van der Waals surface area contributed by atoms with Crippen molar-refractivity contribution in [1.29, 1.82) is 0 Å². The predicted octanol–water partition coefficient (Wildman–Crippen LogP) is 3.17. The lowest BCUT2D eigenvalue weighted by Crippen LogP contribution is -2.58. The summed E-state index contributed by atoms with van der Waals surface area (Å²) in [7, 11) is 0. The predicted molar refractivity (Wildman–Crippen MR) is 72.5 cm³/mol. The average Bonchev–Trinajstić information content (AvgIpc) is 2.41.